The van der Waals surface area contributed by atoms with Gasteiger partial charge in [-0.2, -0.15) is 10.4 Å². The molecule has 3 aromatic rings. The number of carboxylic acid groups (broad SMARTS) is 1. The molecule has 0 saturated heterocycles. The van der Waals surface area contributed by atoms with E-state index in [4.69, 9.17) is 10.4 Å². The van der Waals surface area contributed by atoms with E-state index in [1.54, 1.807) is 18.6 Å². The Balaban J connectivity index is 2.25. The lowest BCUT2D eigenvalue weighted by atomic mass is 9.92. The second-order valence-electron chi connectivity index (χ2n) is 5.85. The van der Waals surface area contributed by atoms with Crippen LogP contribution in [-0.4, -0.2) is 31.2 Å². The summed E-state index contributed by atoms with van der Waals surface area (Å²) < 4.78 is 0. The molecule has 3 rings (SSSR count). The third kappa shape index (κ3) is 3.48. The predicted octanol–water partition coefficient (Wildman–Crippen LogP) is 2.80. The van der Waals surface area contributed by atoms with Gasteiger partial charge in [0, 0.05) is 53.9 Å². The lowest BCUT2D eigenvalue weighted by molar-refractivity contribution is -0.136. The number of nitrogens with zero attached hydrogens (tertiary/aromatic N) is 4. The van der Waals surface area contributed by atoms with Gasteiger partial charge < -0.3 is 5.11 Å². The number of aryl methyl sites for hydroxylation is 2. The second kappa shape index (κ2) is 7.09. The van der Waals surface area contributed by atoms with E-state index in [9.17, 15) is 4.79 Å². The molecule has 126 valence electrons. The molecule has 0 aliphatic heterocycles. The molecule has 0 fully saturated rings. The number of pyridine rings is 2. The fourth-order valence-electron chi connectivity index (χ4n) is 2.96. The number of carbonyl (C=O) groups is 1. The second-order valence-corrected chi connectivity index (χ2v) is 5.85. The maximum Gasteiger partial charge on any atom is 0.303 e. The number of nitrogens with one attached hydrogen (secondary N) is 1. The topological polar surface area (TPSA) is 116 Å². The van der Waals surface area contributed by atoms with Crippen LogP contribution in [0.25, 0.3) is 22.2 Å². The third-order valence-electron chi connectivity index (χ3n) is 4.01. The first-order valence-corrected chi connectivity index (χ1v) is 7.95. The maximum absolute atomic E-state index is 11.1. The lowest BCUT2D eigenvalue weighted by Crippen LogP contribution is -2.06. The third-order valence-corrected chi connectivity index (χ3v) is 4.01. The Labute approximate surface area is 144 Å². The number of aromatic amines is 1. The summed E-state index contributed by atoms with van der Waals surface area (Å²) in [5, 5.41) is 25.8. The smallest absolute Gasteiger partial charge is 0.303 e. The first kappa shape index (κ1) is 16.6. The Kier molecular flexibility index (Phi) is 4.70. The van der Waals surface area contributed by atoms with Crippen LogP contribution >= 0.6 is 0 Å². The number of hydrogen-bond acceptors (Lipinski definition) is 5. The minimum absolute atomic E-state index is 0.00314. The Hall–Kier alpha value is -3.27. The van der Waals surface area contributed by atoms with Crippen LogP contribution in [0.5, 0.6) is 0 Å². The number of aliphatic carboxylic acids is 1. The number of carboxylic acids is 1. The summed E-state index contributed by atoms with van der Waals surface area (Å²) in [5.41, 5.74) is 5.00. The normalized spacial score (nSPS) is 10.7. The van der Waals surface area contributed by atoms with Gasteiger partial charge in [-0.3, -0.25) is 14.9 Å². The summed E-state index contributed by atoms with van der Waals surface area (Å²) in [5.74, 6) is -0.869. The van der Waals surface area contributed by atoms with Crippen LogP contribution < -0.4 is 0 Å². The van der Waals surface area contributed by atoms with E-state index in [1.165, 1.54) is 0 Å². The van der Waals surface area contributed by atoms with Gasteiger partial charge in [0.1, 0.15) is 0 Å². The Morgan fingerprint density at radius 3 is 2.88 bits per heavy atom. The number of fused-ring (bicyclic) bond motifs is 1. The molecule has 0 aromatic carbocycles. The minimum atomic E-state index is -0.869. The van der Waals surface area contributed by atoms with E-state index in [0.29, 0.717) is 24.9 Å². The standard InChI is InChI=1S/C18H17N5O2/c1-11-7-12(9-20-8-11)17-13(4-5-16(24)25)15(3-2-6-19)22-18-14(17)10-21-23-18/h7-10H,2-5H2,1H3,(H,24,25)(H,21,22,23). The highest BCUT2D eigenvalue weighted by Crippen LogP contribution is 2.33. The van der Waals surface area contributed by atoms with Crippen LogP contribution in [0, 0.1) is 18.3 Å². The molecule has 7 nitrogen and oxygen atoms in total. The molecule has 0 atom stereocenters. The molecule has 0 unspecified atom stereocenters. The van der Waals surface area contributed by atoms with Crippen molar-refractivity contribution in [3.05, 3.63) is 41.5 Å². The summed E-state index contributed by atoms with van der Waals surface area (Å²) in [6, 6.07) is 4.13. The molecule has 7 heteroatoms. The van der Waals surface area contributed by atoms with Crippen molar-refractivity contribution >= 4 is 17.0 Å². The highest BCUT2D eigenvalue weighted by atomic mass is 16.4. The van der Waals surface area contributed by atoms with Gasteiger partial charge >= 0.3 is 5.97 Å². The van der Waals surface area contributed by atoms with E-state index >= 15 is 0 Å². The van der Waals surface area contributed by atoms with Gasteiger partial charge in [0.15, 0.2) is 5.65 Å². The summed E-state index contributed by atoms with van der Waals surface area (Å²) >= 11 is 0. The van der Waals surface area contributed by atoms with Crippen molar-refractivity contribution in [3.63, 3.8) is 0 Å². The zero-order valence-corrected chi connectivity index (χ0v) is 13.8. The van der Waals surface area contributed by atoms with Crippen molar-refractivity contribution in [2.45, 2.75) is 32.6 Å². The summed E-state index contributed by atoms with van der Waals surface area (Å²) in [6.07, 6.45) is 6.34. The van der Waals surface area contributed by atoms with Crippen molar-refractivity contribution in [1.82, 2.24) is 20.2 Å². The van der Waals surface area contributed by atoms with Crippen molar-refractivity contribution in [2.75, 3.05) is 0 Å². The molecule has 0 aliphatic carbocycles. The van der Waals surface area contributed by atoms with Crippen molar-refractivity contribution in [2.24, 2.45) is 0 Å². The van der Waals surface area contributed by atoms with Crippen molar-refractivity contribution < 1.29 is 9.90 Å². The molecule has 0 saturated carbocycles. The molecule has 25 heavy (non-hydrogen) atoms. The molecule has 0 aliphatic rings. The molecular formula is C18H17N5O2. The molecule has 2 N–H and O–H groups in total. The van der Waals surface area contributed by atoms with Crippen molar-refractivity contribution in [3.8, 4) is 17.2 Å². The number of hydrogen-bond donors (Lipinski definition) is 2. The van der Waals surface area contributed by atoms with Gasteiger partial charge in [-0.15, -0.1) is 0 Å². The summed E-state index contributed by atoms with van der Waals surface area (Å²) in [4.78, 5) is 19.9. The van der Waals surface area contributed by atoms with E-state index in [1.807, 2.05) is 13.0 Å². The molecular weight excluding hydrogens is 318 g/mol. The van der Waals surface area contributed by atoms with Gasteiger partial charge in [0.05, 0.1) is 12.3 Å². The van der Waals surface area contributed by atoms with Crippen LogP contribution in [0.2, 0.25) is 0 Å². The van der Waals surface area contributed by atoms with Gasteiger partial charge in [0.2, 0.25) is 0 Å². The zero-order chi connectivity index (χ0) is 17.8. The number of rotatable bonds is 6. The average Bonchev–Trinajstić information content (AvgIpc) is 3.05. The van der Waals surface area contributed by atoms with E-state index < -0.39 is 5.97 Å². The summed E-state index contributed by atoms with van der Waals surface area (Å²) in [7, 11) is 0. The summed E-state index contributed by atoms with van der Waals surface area (Å²) in [6.45, 7) is 1.96. The fourth-order valence-corrected chi connectivity index (χ4v) is 2.96. The van der Waals surface area contributed by atoms with Crippen LogP contribution in [0.1, 0.15) is 29.7 Å². The molecule has 3 heterocycles. The van der Waals surface area contributed by atoms with Gasteiger partial charge in [0.25, 0.3) is 0 Å². The SMILES string of the molecule is Cc1cncc(-c2c(CCC(=O)O)c(CCC#N)nc3[nH]ncc23)c1. The van der Waals surface area contributed by atoms with E-state index in [0.717, 1.165) is 33.3 Å². The predicted molar refractivity (Wildman–Crippen MR) is 91.7 cm³/mol. The monoisotopic (exact) mass is 335 g/mol. The maximum atomic E-state index is 11.1. The van der Waals surface area contributed by atoms with E-state index in [-0.39, 0.29) is 6.42 Å². The first-order chi connectivity index (χ1) is 12.1. The van der Waals surface area contributed by atoms with Crippen molar-refractivity contribution in [1.29, 1.82) is 5.26 Å². The van der Waals surface area contributed by atoms with Crippen LogP contribution in [0.15, 0.2) is 24.7 Å². The number of nitriles is 1. The van der Waals surface area contributed by atoms with Gasteiger partial charge in [-0.05, 0) is 30.5 Å². The molecule has 0 radical (unpaired) electrons. The number of H-pyrrole nitrogens is 1. The van der Waals surface area contributed by atoms with Gasteiger partial charge in [-0.25, -0.2) is 4.98 Å². The quantitative estimate of drug-likeness (QED) is 0.715. The highest BCUT2D eigenvalue weighted by molar-refractivity contribution is 5.94. The lowest BCUT2D eigenvalue weighted by Gasteiger charge is -2.15. The fraction of sp³-hybridized carbons (Fsp3) is 0.278. The molecule has 0 amide bonds. The first-order valence-electron chi connectivity index (χ1n) is 7.95. The average molecular weight is 335 g/mol. The largest absolute Gasteiger partial charge is 0.481 e. The van der Waals surface area contributed by atoms with Gasteiger partial charge in [-0.1, -0.05) is 0 Å². The Morgan fingerprint density at radius 2 is 2.16 bits per heavy atom. The molecule has 0 bridgehead atoms. The molecule has 3 aromatic heterocycles. The van der Waals surface area contributed by atoms with Crippen LogP contribution in [0.4, 0.5) is 0 Å². The highest BCUT2D eigenvalue weighted by Gasteiger charge is 2.19. The zero-order valence-electron chi connectivity index (χ0n) is 13.8. The van der Waals surface area contributed by atoms with Crippen LogP contribution in [-0.2, 0) is 17.6 Å². The van der Waals surface area contributed by atoms with Crippen LogP contribution in [0.3, 0.4) is 0 Å². The molecule has 0 spiro atoms. The number of aromatic nitrogens is 4. The van der Waals surface area contributed by atoms with E-state index in [2.05, 4.69) is 26.2 Å². The Morgan fingerprint density at radius 1 is 1.32 bits per heavy atom. The Bertz CT molecular complexity index is 971. The minimum Gasteiger partial charge on any atom is -0.481 e.